The lowest BCUT2D eigenvalue weighted by Crippen LogP contribution is -2.12. The highest BCUT2D eigenvalue weighted by Crippen LogP contribution is 2.34. The van der Waals surface area contributed by atoms with E-state index in [0.717, 1.165) is 0 Å². The van der Waals surface area contributed by atoms with E-state index in [0.29, 0.717) is 12.1 Å². The van der Waals surface area contributed by atoms with Crippen LogP contribution in [0.4, 0.5) is 17.6 Å². The van der Waals surface area contributed by atoms with Gasteiger partial charge in [-0.3, -0.25) is 0 Å². The van der Waals surface area contributed by atoms with Gasteiger partial charge in [-0.05, 0) is 19.1 Å². The van der Waals surface area contributed by atoms with Crippen LogP contribution in [0.2, 0.25) is 5.02 Å². The first kappa shape index (κ1) is 12.3. The summed E-state index contributed by atoms with van der Waals surface area (Å²) < 4.78 is 50.2. The van der Waals surface area contributed by atoms with Crippen molar-refractivity contribution in [1.82, 2.24) is 0 Å². The Bertz CT molecular complexity index is 373. The summed E-state index contributed by atoms with van der Waals surface area (Å²) >= 11 is 5.34. The first-order valence-electron chi connectivity index (χ1n) is 4.05. The molecule has 84 valence electrons. The normalized spacial score (nSPS) is 14.1. The molecule has 0 saturated heterocycles. The topological polar surface area (TPSA) is 26.0 Å². The number of benzene rings is 1. The van der Waals surface area contributed by atoms with E-state index in [4.69, 9.17) is 17.3 Å². The summed E-state index contributed by atoms with van der Waals surface area (Å²) in [6, 6.07) is 0.374. The SMILES string of the molecule is C[C@@H](N)c1cc(C(F)(F)F)cc(Cl)c1F. The van der Waals surface area contributed by atoms with Gasteiger partial charge in [0.2, 0.25) is 0 Å². The summed E-state index contributed by atoms with van der Waals surface area (Å²) in [5, 5.41) is -0.572. The third kappa shape index (κ3) is 2.60. The molecule has 15 heavy (non-hydrogen) atoms. The molecule has 0 fully saturated rings. The van der Waals surface area contributed by atoms with E-state index < -0.39 is 28.6 Å². The highest BCUT2D eigenvalue weighted by molar-refractivity contribution is 6.30. The summed E-state index contributed by atoms with van der Waals surface area (Å²) in [5.74, 6) is -0.903. The third-order valence-electron chi connectivity index (χ3n) is 1.87. The molecule has 0 radical (unpaired) electrons. The van der Waals surface area contributed by atoms with Crippen LogP contribution < -0.4 is 5.73 Å². The highest BCUT2D eigenvalue weighted by atomic mass is 35.5. The second-order valence-corrected chi connectivity index (χ2v) is 3.55. The van der Waals surface area contributed by atoms with Crippen molar-refractivity contribution in [3.05, 3.63) is 34.1 Å². The predicted octanol–water partition coefficient (Wildman–Crippen LogP) is 3.52. The molecule has 2 N–H and O–H groups in total. The van der Waals surface area contributed by atoms with Gasteiger partial charge in [-0.1, -0.05) is 11.6 Å². The minimum Gasteiger partial charge on any atom is -0.324 e. The zero-order valence-corrected chi connectivity index (χ0v) is 8.46. The van der Waals surface area contributed by atoms with Crippen LogP contribution in [0.15, 0.2) is 12.1 Å². The monoisotopic (exact) mass is 241 g/mol. The van der Waals surface area contributed by atoms with E-state index in [1.807, 2.05) is 0 Å². The number of hydrogen-bond donors (Lipinski definition) is 1. The first-order valence-corrected chi connectivity index (χ1v) is 4.43. The number of alkyl halides is 3. The van der Waals surface area contributed by atoms with Gasteiger partial charge in [0.1, 0.15) is 5.82 Å². The Morgan fingerprint density at radius 2 is 1.87 bits per heavy atom. The van der Waals surface area contributed by atoms with Crippen molar-refractivity contribution in [2.45, 2.75) is 19.1 Å². The van der Waals surface area contributed by atoms with E-state index in [1.54, 1.807) is 0 Å². The number of halogens is 5. The highest BCUT2D eigenvalue weighted by Gasteiger charge is 2.32. The van der Waals surface area contributed by atoms with Crippen molar-refractivity contribution in [1.29, 1.82) is 0 Å². The lowest BCUT2D eigenvalue weighted by atomic mass is 10.0. The molecule has 0 unspecified atom stereocenters. The van der Waals surface area contributed by atoms with E-state index in [2.05, 4.69) is 0 Å². The van der Waals surface area contributed by atoms with E-state index in [1.165, 1.54) is 6.92 Å². The molecule has 0 amide bonds. The fraction of sp³-hybridized carbons (Fsp3) is 0.333. The molecule has 1 aromatic rings. The zero-order valence-electron chi connectivity index (χ0n) is 7.70. The molecule has 0 saturated carbocycles. The first-order chi connectivity index (χ1) is 6.73. The second-order valence-electron chi connectivity index (χ2n) is 3.15. The van der Waals surface area contributed by atoms with Gasteiger partial charge in [0.05, 0.1) is 10.6 Å². The second kappa shape index (κ2) is 3.98. The fourth-order valence-electron chi connectivity index (χ4n) is 1.11. The van der Waals surface area contributed by atoms with Crippen LogP contribution >= 0.6 is 11.6 Å². The molecule has 1 aromatic carbocycles. The van der Waals surface area contributed by atoms with Gasteiger partial charge in [-0.25, -0.2) is 4.39 Å². The van der Waals surface area contributed by atoms with Gasteiger partial charge in [0.15, 0.2) is 0 Å². The van der Waals surface area contributed by atoms with Gasteiger partial charge in [0.25, 0.3) is 0 Å². The maximum atomic E-state index is 13.2. The summed E-state index contributed by atoms with van der Waals surface area (Å²) in [6.07, 6.45) is -4.55. The molecular formula is C9H8ClF4N. The van der Waals surface area contributed by atoms with E-state index in [9.17, 15) is 17.6 Å². The van der Waals surface area contributed by atoms with Gasteiger partial charge in [0, 0.05) is 11.6 Å². The van der Waals surface area contributed by atoms with Gasteiger partial charge in [-0.15, -0.1) is 0 Å². The Kier molecular flexibility index (Phi) is 3.25. The average Bonchev–Trinajstić information content (AvgIpc) is 2.06. The lowest BCUT2D eigenvalue weighted by molar-refractivity contribution is -0.137. The molecule has 0 bridgehead atoms. The Morgan fingerprint density at radius 3 is 2.27 bits per heavy atom. The minimum atomic E-state index is -4.55. The molecule has 1 rings (SSSR count). The minimum absolute atomic E-state index is 0.241. The van der Waals surface area contributed by atoms with Gasteiger partial charge >= 0.3 is 6.18 Å². The predicted molar refractivity (Wildman–Crippen MR) is 49.0 cm³/mol. The quantitative estimate of drug-likeness (QED) is 0.748. The number of rotatable bonds is 1. The molecule has 0 aliphatic rings. The van der Waals surface area contributed by atoms with Gasteiger partial charge in [-0.2, -0.15) is 13.2 Å². The summed E-state index contributed by atoms with van der Waals surface area (Å²) in [7, 11) is 0. The van der Waals surface area contributed by atoms with Crippen LogP contribution in [-0.4, -0.2) is 0 Å². The molecule has 0 aliphatic carbocycles. The summed E-state index contributed by atoms with van der Waals surface area (Å²) in [4.78, 5) is 0. The average molecular weight is 242 g/mol. The molecule has 6 heteroatoms. The van der Waals surface area contributed by atoms with Crippen LogP contribution in [-0.2, 0) is 6.18 Å². The van der Waals surface area contributed by atoms with Crippen LogP contribution in [0.5, 0.6) is 0 Å². The molecule has 1 nitrogen and oxygen atoms in total. The van der Waals surface area contributed by atoms with Crippen LogP contribution in [0.25, 0.3) is 0 Å². The maximum Gasteiger partial charge on any atom is 0.416 e. The Hall–Kier alpha value is -0.810. The Balaban J connectivity index is 3.36. The maximum absolute atomic E-state index is 13.2. The van der Waals surface area contributed by atoms with Crippen LogP contribution in [0.3, 0.4) is 0 Å². The molecule has 0 spiro atoms. The third-order valence-corrected chi connectivity index (χ3v) is 2.15. The molecule has 0 aromatic heterocycles. The Morgan fingerprint density at radius 1 is 1.33 bits per heavy atom. The number of nitrogens with two attached hydrogens (primary N) is 1. The van der Waals surface area contributed by atoms with Crippen molar-refractivity contribution in [2.75, 3.05) is 0 Å². The van der Waals surface area contributed by atoms with Crippen molar-refractivity contribution in [3.8, 4) is 0 Å². The fourth-order valence-corrected chi connectivity index (χ4v) is 1.33. The Labute approximate surface area is 88.8 Å². The van der Waals surface area contributed by atoms with Gasteiger partial charge < -0.3 is 5.73 Å². The zero-order chi connectivity index (χ0) is 11.8. The molecule has 0 aliphatic heterocycles. The summed E-state index contributed by atoms with van der Waals surface area (Å²) in [5.41, 5.74) is 4.09. The largest absolute Gasteiger partial charge is 0.416 e. The van der Waals surface area contributed by atoms with Crippen molar-refractivity contribution in [2.24, 2.45) is 5.73 Å². The molecule has 0 heterocycles. The van der Waals surface area contributed by atoms with Crippen molar-refractivity contribution < 1.29 is 17.6 Å². The lowest BCUT2D eigenvalue weighted by Gasteiger charge is -2.13. The number of hydrogen-bond acceptors (Lipinski definition) is 1. The standard InChI is InChI=1S/C9H8ClF4N/c1-4(15)6-2-5(9(12,13)14)3-7(10)8(6)11/h2-4H,15H2,1H3/t4-/m1/s1. The van der Waals surface area contributed by atoms with Crippen molar-refractivity contribution in [3.63, 3.8) is 0 Å². The summed E-state index contributed by atoms with van der Waals surface area (Å²) in [6.45, 7) is 1.38. The van der Waals surface area contributed by atoms with Crippen LogP contribution in [0, 0.1) is 5.82 Å². The van der Waals surface area contributed by atoms with Crippen LogP contribution in [0.1, 0.15) is 24.1 Å². The van der Waals surface area contributed by atoms with E-state index in [-0.39, 0.29) is 5.56 Å². The van der Waals surface area contributed by atoms with E-state index >= 15 is 0 Å². The van der Waals surface area contributed by atoms with Crippen molar-refractivity contribution >= 4 is 11.6 Å². The molecule has 1 atom stereocenters. The smallest absolute Gasteiger partial charge is 0.324 e. The molecular weight excluding hydrogens is 234 g/mol.